The second-order valence-electron chi connectivity index (χ2n) is 32.9. The van der Waals surface area contributed by atoms with Crippen molar-refractivity contribution < 1.29 is 8.83 Å². The lowest BCUT2D eigenvalue weighted by Gasteiger charge is -2.58. The minimum Gasteiger partial charge on any atom is -0.455 e. The SMILES string of the molecule is c1ccc(-c2cc(-c3ccccc3)c(N3c4cc(-c5ccc6c(c5)oc5c(-c7ccccc7)cccc56)ccc4B4c5ccc(-c6ccc7c(c6)oc6c(-c8ccccc8)cccc67)cc5N(c5c(-c6ccccc6)cc(-c6ccccc6)cc5-c5ccccc5)c5cc(N6C7CC8CC(C7)CC6C8)cc3c54)c(-c3ccccc3)c2)cc1. The van der Waals surface area contributed by atoms with Gasteiger partial charge in [0, 0.05) is 95.4 Å². The van der Waals surface area contributed by atoms with E-state index in [1.54, 1.807) is 0 Å². The number of fused-ring (bicyclic) bond motifs is 10. The normalized spacial score (nSPS) is 16.3. The van der Waals surface area contributed by atoms with Crippen LogP contribution < -0.4 is 31.1 Å². The number of anilines is 7. The van der Waals surface area contributed by atoms with E-state index in [1.807, 2.05) is 0 Å². The fraction of sp³-hybridized carbons (Fsp3) is 0.0811. The third kappa shape index (κ3) is 11.1. The Morgan fingerprint density at radius 3 is 0.897 bits per heavy atom. The number of hydrogen-bond acceptors (Lipinski definition) is 5. The molecule has 0 spiro atoms. The first-order chi connectivity index (χ1) is 58.0. The molecule has 2 saturated heterocycles. The lowest BCUT2D eigenvalue weighted by atomic mass is 9.33. The Hall–Kier alpha value is -14.2. The van der Waals surface area contributed by atoms with Crippen molar-refractivity contribution in [3.8, 4) is 111 Å². The predicted octanol–water partition coefficient (Wildman–Crippen LogP) is 28.0. The monoisotopic (exact) mass is 1500 g/mol. The van der Waals surface area contributed by atoms with E-state index in [0.29, 0.717) is 12.1 Å². The molecule has 0 unspecified atom stereocenters. The summed E-state index contributed by atoms with van der Waals surface area (Å²) in [4.78, 5) is 8.48. The summed E-state index contributed by atoms with van der Waals surface area (Å²) in [5.74, 6) is 1.47. The van der Waals surface area contributed by atoms with Gasteiger partial charge in [0.25, 0.3) is 6.71 Å². The molecule has 25 rings (SSSR count). The van der Waals surface area contributed by atoms with Crippen molar-refractivity contribution >= 4 is 107 Å². The standard InChI is InChI=1S/C111H78BN3O2/c1-9-27-72(28-10-1)84-60-95(76-35-17-5-18-36-76)108(96(61-84)77-37-19-6-20-38-77)114-101-64-80(82-47-51-91-93-45-25-43-89(74-31-13-3-14-32-74)110(93)116-105(91)66-82)49-53-99(101)112-100-54-50-81(83-48-52-92-94-46-26-44-90(75-33-15-4-16-34-75)111(94)117-106(92)67-83)65-102(100)115(104-69-88(68-103(114)107(104)112)113-86-56-70-55-71(58-86)59-87(113)57-70)109-97(78-39-21-7-22-40-78)62-85(73-29-11-2-12-30-73)63-98(109)79-41-23-8-24-42-79/h1-54,60-71,86-87H,55-59H2. The molecule has 2 aliphatic carbocycles. The van der Waals surface area contributed by atoms with Gasteiger partial charge < -0.3 is 23.5 Å². The van der Waals surface area contributed by atoms with Gasteiger partial charge in [0.15, 0.2) is 0 Å². The van der Waals surface area contributed by atoms with E-state index in [1.165, 1.54) is 65.6 Å². The van der Waals surface area contributed by atoms with E-state index < -0.39 is 0 Å². The van der Waals surface area contributed by atoms with E-state index in [9.17, 15) is 0 Å². The first kappa shape index (κ1) is 67.3. The molecule has 2 saturated carbocycles. The Morgan fingerprint density at radius 2 is 0.547 bits per heavy atom. The number of nitrogens with zero attached hydrogens (tertiary/aromatic N) is 3. The average Bonchev–Trinajstić information content (AvgIpc) is 1.03. The van der Waals surface area contributed by atoms with Crippen LogP contribution in [0.25, 0.3) is 155 Å². The topological polar surface area (TPSA) is 36.0 Å². The Bertz CT molecular complexity index is 6580. The van der Waals surface area contributed by atoms with Gasteiger partial charge in [0.1, 0.15) is 22.3 Å². The van der Waals surface area contributed by atoms with E-state index in [4.69, 9.17) is 8.83 Å². The fourth-order valence-corrected chi connectivity index (χ4v) is 21.3. The molecule has 117 heavy (non-hydrogen) atoms. The van der Waals surface area contributed by atoms with Gasteiger partial charge in [-0.15, -0.1) is 0 Å². The maximum atomic E-state index is 7.15. The number of piperidine rings is 2. The molecular formula is C111H78BN3O2. The zero-order valence-corrected chi connectivity index (χ0v) is 64.5. The van der Waals surface area contributed by atoms with Crippen LogP contribution in [0.15, 0.2) is 397 Å². The molecule has 6 heterocycles. The van der Waals surface area contributed by atoms with Crippen LogP contribution in [0.1, 0.15) is 32.1 Å². The summed E-state index contributed by atoms with van der Waals surface area (Å²) in [5.41, 5.74) is 37.8. The van der Waals surface area contributed by atoms with Crippen LogP contribution in [0.4, 0.5) is 39.8 Å². The third-order valence-corrected chi connectivity index (χ3v) is 26.3. The molecule has 2 aromatic heterocycles. The van der Waals surface area contributed by atoms with Crippen LogP contribution in [-0.2, 0) is 0 Å². The Labute approximate surface area is 681 Å². The molecule has 0 amide bonds. The van der Waals surface area contributed by atoms with Crippen molar-refractivity contribution in [2.24, 2.45) is 11.8 Å². The highest BCUT2D eigenvalue weighted by Crippen LogP contribution is 2.58. The molecule has 0 atom stereocenters. The van der Waals surface area contributed by atoms with Gasteiger partial charge in [-0.3, -0.25) is 0 Å². The van der Waals surface area contributed by atoms with Gasteiger partial charge in [-0.1, -0.05) is 315 Å². The molecule has 17 aromatic carbocycles. The van der Waals surface area contributed by atoms with Gasteiger partial charge in [-0.05, 0) is 211 Å². The van der Waals surface area contributed by atoms with E-state index >= 15 is 0 Å². The van der Waals surface area contributed by atoms with Crippen LogP contribution in [0.5, 0.6) is 0 Å². The van der Waals surface area contributed by atoms with Crippen molar-refractivity contribution in [1.82, 2.24) is 0 Å². The fourth-order valence-electron chi connectivity index (χ4n) is 21.3. The first-order valence-electron chi connectivity index (χ1n) is 41.5. The summed E-state index contributed by atoms with van der Waals surface area (Å²) in [6, 6.07) is 146. The van der Waals surface area contributed by atoms with Crippen molar-refractivity contribution in [2.45, 2.75) is 44.2 Å². The van der Waals surface area contributed by atoms with Crippen molar-refractivity contribution in [3.63, 3.8) is 0 Å². The molecule has 552 valence electrons. The molecule has 5 nitrogen and oxygen atoms in total. The maximum absolute atomic E-state index is 7.15. The molecule has 19 aromatic rings. The van der Waals surface area contributed by atoms with E-state index in [2.05, 4.69) is 403 Å². The lowest BCUT2D eigenvalue weighted by molar-refractivity contribution is 0.0900. The number of para-hydroxylation sites is 2. The van der Waals surface area contributed by atoms with Crippen LogP contribution in [0, 0.1) is 11.8 Å². The van der Waals surface area contributed by atoms with Gasteiger partial charge in [0.2, 0.25) is 0 Å². The summed E-state index contributed by atoms with van der Waals surface area (Å²) in [5, 5.41) is 4.40. The van der Waals surface area contributed by atoms with Gasteiger partial charge >= 0.3 is 0 Å². The second kappa shape index (κ2) is 27.3. The maximum Gasteiger partial charge on any atom is 0.252 e. The minimum absolute atomic E-state index is 0.269. The van der Waals surface area contributed by atoms with Crippen molar-refractivity contribution in [1.29, 1.82) is 0 Å². The highest BCUT2D eigenvalue weighted by Gasteiger charge is 2.50. The molecule has 4 fully saturated rings. The summed E-state index contributed by atoms with van der Waals surface area (Å²) in [6.07, 6.45) is 6.16. The number of furan rings is 2. The summed E-state index contributed by atoms with van der Waals surface area (Å²) < 4.78 is 14.3. The number of hydrogen-bond donors (Lipinski definition) is 0. The van der Waals surface area contributed by atoms with Crippen molar-refractivity contribution in [3.05, 3.63) is 388 Å². The molecule has 0 N–H and O–H groups in total. The van der Waals surface area contributed by atoms with Crippen LogP contribution in [-0.4, -0.2) is 18.8 Å². The molecule has 4 aliphatic heterocycles. The number of rotatable bonds is 13. The second-order valence-corrected chi connectivity index (χ2v) is 32.9. The quantitative estimate of drug-likeness (QED) is 0.108. The highest BCUT2D eigenvalue weighted by atomic mass is 16.3. The molecule has 4 bridgehead atoms. The summed E-state index contributed by atoms with van der Waals surface area (Å²) >= 11 is 0. The average molecular weight is 1500 g/mol. The molecule has 6 aliphatic rings. The van der Waals surface area contributed by atoms with Crippen LogP contribution >= 0.6 is 0 Å². The zero-order valence-electron chi connectivity index (χ0n) is 64.5. The van der Waals surface area contributed by atoms with Crippen LogP contribution in [0.3, 0.4) is 0 Å². The van der Waals surface area contributed by atoms with E-state index in [0.717, 1.165) is 190 Å². The molecular weight excluding hydrogens is 1420 g/mol. The molecule has 0 radical (unpaired) electrons. The third-order valence-electron chi connectivity index (χ3n) is 26.3. The van der Waals surface area contributed by atoms with Gasteiger partial charge in [-0.25, -0.2) is 0 Å². The largest absolute Gasteiger partial charge is 0.455 e. The van der Waals surface area contributed by atoms with Gasteiger partial charge in [-0.2, -0.15) is 0 Å². The zero-order chi connectivity index (χ0) is 76.8. The Balaban J connectivity index is 0.830. The highest BCUT2D eigenvalue weighted by molar-refractivity contribution is 7.00. The lowest BCUT2D eigenvalue weighted by Crippen LogP contribution is -2.62. The minimum atomic E-state index is -0.269. The summed E-state index contributed by atoms with van der Waals surface area (Å²) in [6.45, 7) is -0.269. The Kier molecular flexibility index (Phi) is 15.7. The first-order valence-corrected chi connectivity index (χ1v) is 41.5. The van der Waals surface area contributed by atoms with Gasteiger partial charge in [0.05, 0.1) is 11.4 Å². The molecule has 6 heteroatoms. The van der Waals surface area contributed by atoms with Crippen molar-refractivity contribution in [2.75, 3.05) is 14.7 Å². The summed E-state index contributed by atoms with van der Waals surface area (Å²) in [7, 11) is 0. The van der Waals surface area contributed by atoms with Crippen LogP contribution in [0.2, 0.25) is 0 Å². The number of benzene rings is 17. The van der Waals surface area contributed by atoms with E-state index in [-0.39, 0.29) is 6.71 Å². The smallest absolute Gasteiger partial charge is 0.252 e. The Morgan fingerprint density at radius 1 is 0.231 bits per heavy atom. The predicted molar refractivity (Wildman–Crippen MR) is 490 cm³/mol.